The van der Waals surface area contributed by atoms with Gasteiger partial charge in [-0.05, 0) is 11.6 Å². The van der Waals surface area contributed by atoms with Gasteiger partial charge in [-0.2, -0.15) is 0 Å². The number of halogens is 1. The Kier molecular flexibility index (Phi) is 3.54. The molecule has 0 bridgehead atoms. The first-order valence-electron chi connectivity index (χ1n) is 5.60. The number of benzene rings is 1. The maximum Gasteiger partial charge on any atom is 0.241 e. The number of amides is 1. The normalized spacial score (nSPS) is 16.5. The summed E-state index contributed by atoms with van der Waals surface area (Å²) in [4.78, 5) is 15.4. The van der Waals surface area contributed by atoms with Crippen LogP contribution in [0.1, 0.15) is 5.56 Å². The minimum Gasteiger partial charge on any atom is -0.359 e. The van der Waals surface area contributed by atoms with Crippen LogP contribution in [0.15, 0.2) is 18.2 Å². The Balaban J connectivity index is 2.31. The predicted octanol–water partition coefficient (Wildman–Crippen LogP) is 1.08. The van der Waals surface area contributed by atoms with Crippen molar-refractivity contribution in [3.63, 3.8) is 0 Å². The van der Waals surface area contributed by atoms with Gasteiger partial charge in [0.1, 0.15) is 0 Å². The number of carbonyl (C=O) groups is 1. The second-order valence-corrected chi connectivity index (χ2v) is 4.60. The highest BCUT2D eigenvalue weighted by Crippen LogP contribution is 2.30. The Hall–Kier alpha value is -1.26. The molecule has 1 fully saturated rings. The van der Waals surface area contributed by atoms with Gasteiger partial charge < -0.3 is 15.5 Å². The second-order valence-electron chi connectivity index (χ2n) is 4.19. The largest absolute Gasteiger partial charge is 0.359 e. The number of hydrogen-bond acceptors (Lipinski definition) is 3. The molecule has 1 aliphatic heterocycles. The fourth-order valence-electron chi connectivity index (χ4n) is 2.03. The highest BCUT2D eigenvalue weighted by molar-refractivity contribution is 6.33. The molecule has 4 nitrogen and oxygen atoms in total. The molecule has 1 amide bonds. The molecule has 0 unspecified atom stereocenters. The van der Waals surface area contributed by atoms with Gasteiger partial charge in [0.15, 0.2) is 0 Å². The highest BCUT2D eigenvalue weighted by atomic mass is 35.5. The summed E-state index contributed by atoms with van der Waals surface area (Å²) in [5.74, 6) is 0.110. The van der Waals surface area contributed by atoms with E-state index >= 15 is 0 Å². The van der Waals surface area contributed by atoms with E-state index in [1.807, 2.05) is 30.1 Å². The third kappa shape index (κ3) is 2.37. The summed E-state index contributed by atoms with van der Waals surface area (Å²) < 4.78 is 0. The summed E-state index contributed by atoms with van der Waals surface area (Å²) in [6.07, 6.45) is 0. The maximum atomic E-state index is 11.7. The number of carbonyl (C=O) groups excluding carboxylic acids is 1. The van der Waals surface area contributed by atoms with Gasteiger partial charge in [0.05, 0.1) is 17.3 Å². The zero-order valence-corrected chi connectivity index (χ0v) is 10.6. The quantitative estimate of drug-likeness (QED) is 0.858. The van der Waals surface area contributed by atoms with Crippen LogP contribution in [0.2, 0.25) is 5.02 Å². The van der Waals surface area contributed by atoms with E-state index in [9.17, 15) is 4.79 Å². The van der Waals surface area contributed by atoms with Crippen LogP contribution in [0.25, 0.3) is 0 Å². The zero-order valence-electron chi connectivity index (χ0n) is 9.82. The fraction of sp³-hybridized carbons (Fsp3) is 0.417. The van der Waals surface area contributed by atoms with Crippen LogP contribution in [0.4, 0.5) is 5.69 Å². The van der Waals surface area contributed by atoms with Gasteiger partial charge in [-0.3, -0.25) is 4.79 Å². The molecule has 2 N–H and O–H groups in total. The molecule has 17 heavy (non-hydrogen) atoms. The van der Waals surface area contributed by atoms with Crippen molar-refractivity contribution in [2.45, 2.75) is 6.54 Å². The van der Waals surface area contributed by atoms with Gasteiger partial charge in [0.25, 0.3) is 0 Å². The van der Waals surface area contributed by atoms with Crippen LogP contribution < -0.4 is 10.6 Å². The number of nitrogens with zero attached hydrogens (tertiary/aromatic N) is 2. The molecular weight excluding hydrogens is 238 g/mol. The molecule has 0 spiro atoms. The summed E-state index contributed by atoms with van der Waals surface area (Å²) in [6.45, 7) is 2.30. The number of piperazine rings is 1. The number of hydrogen-bond donors (Lipinski definition) is 1. The molecule has 0 atom stereocenters. The number of nitrogens with two attached hydrogens (primary N) is 1. The monoisotopic (exact) mass is 253 g/mol. The fourth-order valence-corrected chi connectivity index (χ4v) is 2.34. The van der Waals surface area contributed by atoms with E-state index in [4.69, 9.17) is 17.3 Å². The van der Waals surface area contributed by atoms with Crippen molar-refractivity contribution < 1.29 is 4.79 Å². The lowest BCUT2D eigenvalue weighted by Crippen LogP contribution is -2.49. The van der Waals surface area contributed by atoms with Crippen molar-refractivity contribution in [3.8, 4) is 0 Å². The van der Waals surface area contributed by atoms with E-state index in [1.165, 1.54) is 0 Å². The molecule has 0 saturated carbocycles. The van der Waals surface area contributed by atoms with E-state index in [1.54, 1.807) is 4.90 Å². The molecule has 1 aromatic rings. The van der Waals surface area contributed by atoms with Crippen LogP contribution in [-0.2, 0) is 11.3 Å². The zero-order chi connectivity index (χ0) is 12.4. The first kappa shape index (κ1) is 12.2. The van der Waals surface area contributed by atoms with E-state index in [-0.39, 0.29) is 5.91 Å². The average Bonchev–Trinajstić information content (AvgIpc) is 2.32. The lowest BCUT2D eigenvalue weighted by Gasteiger charge is -2.35. The summed E-state index contributed by atoms with van der Waals surface area (Å²) in [6, 6.07) is 5.66. The molecule has 1 aromatic carbocycles. The number of rotatable bonds is 2. The topological polar surface area (TPSA) is 49.6 Å². The van der Waals surface area contributed by atoms with Crippen molar-refractivity contribution >= 4 is 23.2 Å². The van der Waals surface area contributed by atoms with Crippen molar-refractivity contribution in [2.24, 2.45) is 5.73 Å². The third-order valence-electron chi connectivity index (χ3n) is 3.06. The number of para-hydroxylation sites is 1. The van der Waals surface area contributed by atoms with Crippen molar-refractivity contribution in [2.75, 3.05) is 31.6 Å². The van der Waals surface area contributed by atoms with Crippen molar-refractivity contribution in [1.82, 2.24) is 4.90 Å². The average molecular weight is 254 g/mol. The second kappa shape index (κ2) is 4.94. The lowest BCUT2D eigenvalue weighted by atomic mass is 10.1. The molecule has 2 rings (SSSR count). The summed E-state index contributed by atoms with van der Waals surface area (Å²) >= 11 is 6.20. The van der Waals surface area contributed by atoms with E-state index < -0.39 is 0 Å². The van der Waals surface area contributed by atoms with Gasteiger partial charge in [0, 0.05) is 26.7 Å². The summed E-state index contributed by atoms with van der Waals surface area (Å²) in [5.41, 5.74) is 7.59. The molecule has 1 aliphatic rings. The first-order chi connectivity index (χ1) is 8.13. The van der Waals surface area contributed by atoms with Crippen molar-refractivity contribution in [3.05, 3.63) is 28.8 Å². The summed E-state index contributed by atoms with van der Waals surface area (Å²) in [5, 5.41) is 0.658. The van der Waals surface area contributed by atoms with Gasteiger partial charge >= 0.3 is 0 Å². The van der Waals surface area contributed by atoms with Crippen molar-refractivity contribution in [1.29, 1.82) is 0 Å². The molecule has 0 aliphatic carbocycles. The van der Waals surface area contributed by atoms with Gasteiger partial charge in [-0.15, -0.1) is 0 Å². The van der Waals surface area contributed by atoms with Crippen LogP contribution in [0.3, 0.4) is 0 Å². The molecule has 5 heteroatoms. The van der Waals surface area contributed by atoms with Crippen LogP contribution >= 0.6 is 11.6 Å². The Labute approximate surface area is 106 Å². The SMILES string of the molecule is CN1CCN(c2c(Cl)cccc2CN)CC1=O. The Bertz CT molecular complexity index is 436. The summed E-state index contributed by atoms with van der Waals surface area (Å²) in [7, 11) is 1.82. The molecule has 1 saturated heterocycles. The Morgan fingerprint density at radius 1 is 1.41 bits per heavy atom. The van der Waals surface area contributed by atoms with Gasteiger partial charge in [-0.1, -0.05) is 23.7 Å². The van der Waals surface area contributed by atoms with E-state index in [0.29, 0.717) is 24.7 Å². The molecule has 1 heterocycles. The predicted molar refractivity (Wildman–Crippen MR) is 69.2 cm³/mol. The van der Waals surface area contributed by atoms with Gasteiger partial charge in [0.2, 0.25) is 5.91 Å². The standard InChI is InChI=1S/C12H16ClN3O/c1-15-5-6-16(8-11(15)17)12-9(7-14)3-2-4-10(12)13/h2-4H,5-8,14H2,1H3. The molecule has 0 aromatic heterocycles. The Morgan fingerprint density at radius 2 is 2.18 bits per heavy atom. The lowest BCUT2D eigenvalue weighted by molar-refractivity contribution is -0.129. The minimum absolute atomic E-state index is 0.110. The van der Waals surface area contributed by atoms with E-state index in [0.717, 1.165) is 17.8 Å². The molecule has 0 radical (unpaired) electrons. The highest BCUT2D eigenvalue weighted by Gasteiger charge is 2.23. The van der Waals surface area contributed by atoms with Crippen LogP contribution in [-0.4, -0.2) is 37.5 Å². The first-order valence-corrected chi connectivity index (χ1v) is 5.97. The van der Waals surface area contributed by atoms with Crippen LogP contribution in [0, 0.1) is 0 Å². The smallest absolute Gasteiger partial charge is 0.241 e. The van der Waals surface area contributed by atoms with Gasteiger partial charge in [-0.25, -0.2) is 0 Å². The molecule has 92 valence electrons. The maximum absolute atomic E-state index is 11.7. The Morgan fingerprint density at radius 3 is 2.82 bits per heavy atom. The van der Waals surface area contributed by atoms with Crippen LogP contribution in [0.5, 0.6) is 0 Å². The minimum atomic E-state index is 0.110. The molecular formula is C12H16ClN3O. The van der Waals surface area contributed by atoms with E-state index in [2.05, 4.69) is 0 Å². The third-order valence-corrected chi connectivity index (χ3v) is 3.37. The number of anilines is 1. The number of likely N-dealkylation sites (N-methyl/N-ethyl adjacent to an activating group) is 1.